The first kappa shape index (κ1) is 18.2. The Hall–Kier alpha value is -2.58. The molecule has 0 unspecified atom stereocenters. The maximum atomic E-state index is 12.5. The molecule has 0 aliphatic heterocycles. The van der Waals surface area contributed by atoms with E-state index in [2.05, 4.69) is 25.6 Å². The number of nitrogens with one attached hydrogen (secondary N) is 2. The van der Waals surface area contributed by atoms with E-state index in [1.807, 2.05) is 38.1 Å². The standard InChI is InChI=1S/C18H21N5O2S/c1-10(24)9-20-17(25)15-16-14(8-11(2)26-16)22-18(23-15)21-12(3)13-6-4-5-7-19-13/h4-8,10,12,24H,9H2,1-3H3,(H,20,25)(H,21,22,23)/t10-,12-/m0/s1. The van der Waals surface area contributed by atoms with Crippen LogP contribution in [0.5, 0.6) is 0 Å². The Labute approximate surface area is 155 Å². The number of anilines is 1. The van der Waals surface area contributed by atoms with Gasteiger partial charge in [0, 0.05) is 17.6 Å². The number of hydrogen-bond donors (Lipinski definition) is 3. The van der Waals surface area contributed by atoms with Gasteiger partial charge < -0.3 is 15.7 Å². The van der Waals surface area contributed by atoms with Crippen molar-refractivity contribution in [1.82, 2.24) is 20.3 Å². The molecule has 3 aromatic heterocycles. The van der Waals surface area contributed by atoms with Crippen molar-refractivity contribution in [1.29, 1.82) is 0 Å². The maximum Gasteiger partial charge on any atom is 0.271 e. The number of thiophene rings is 1. The summed E-state index contributed by atoms with van der Waals surface area (Å²) in [6.45, 7) is 5.71. The summed E-state index contributed by atoms with van der Waals surface area (Å²) in [6.07, 6.45) is 1.11. The molecule has 0 radical (unpaired) electrons. The molecule has 26 heavy (non-hydrogen) atoms. The first-order chi connectivity index (χ1) is 12.4. The molecule has 136 valence electrons. The predicted octanol–water partition coefficient (Wildman–Crippen LogP) is 2.68. The van der Waals surface area contributed by atoms with E-state index in [1.54, 1.807) is 13.1 Å². The number of nitrogens with zero attached hydrogens (tertiary/aromatic N) is 3. The summed E-state index contributed by atoms with van der Waals surface area (Å²) in [7, 11) is 0. The first-order valence-electron chi connectivity index (χ1n) is 8.36. The van der Waals surface area contributed by atoms with Crippen molar-refractivity contribution in [3.8, 4) is 0 Å². The van der Waals surface area contributed by atoms with Gasteiger partial charge in [0.25, 0.3) is 5.91 Å². The molecule has 7 nitrogen and oxygen atoms in total. The number of pyridine rings is 1. The highest BCUT2D eigenvalue weighted by molar-refractivity contribution is 7.19. The Kier molecular flexibility index (Phi) is 5.43. The lowest BCUT2D eigenvalue weighted by Crippen LogP contribution is -2.31. The number of rotatable bonds is 6. The van der Waals surface area contributed by atoms with E-state index in [9.17, 15) is 9.90 Å². The van der Waals surface area contributed by atoms with E-state index in [0.717, 1.165) is 20.8 Å². The zero-order valence-corrected chi connectivity index (χ0v) is 15.7. The third kappa shape index (κ3) is 4.14. The van der Waals surface area contributed by atoms with E-state index in [0.29, 0.717) is 11.6 Å². The number of aliphatic hydroxyl groups is 1. The lowest BCUT2D eigenvalue weighted by molar-refractivity contribution is 0.0921. The third-order valence-corrected chi connectivity index (χ3v) is 4.79. The minimum Gasteiger partial charge on any atom is -0.392 e. The number of carbonyl (C=O) groups excluding carboxylic acids is 1. The molecule has 0 aliphatic rings. The third-order valence-electron chi connectivity index (χ3n) is 3.74. The Balaban J connectivity index is 1.92. The van der Waals surface area contributed by atoms with Gasteiger partial charge >= 0.3 is 0 Å². The van der Waals surface area contributed by atoms with Gasteiger partial charge in [-0.05, 0) is 39.0 Å². The molecular weight excluding hydrogens is 350 g/mol. The normalized spacial score (nSPS) is 13.4. The summed E-state index contributed by atoms with van der Waals surface area (Å²) in [5.41, 5.74) is 1.89. The monoisotopic (exact) mass is 371 g/mol. The van der Waals surface area contributed by atoms with Gasteiger partial charge in [-0.15, -0.1) is 11.3 Å². The Morgan fingerprint density at radius 3 is 2.81 bits per heavy atom. The van der Waals surface area contributed by atoms with Crippen LogP contribution in [0.3, 0.4) is 0 Å². The quantitative estimate of drug-likeness (QED) is 0.616. The molecule has 0 aliphatic carbocycles. The van der Waals surface area contributed by atoms with Crippen LogP contribution in [0.1, 0.15) is 40.9 Å². The second-order valence-electron chi connectivity index (χ2n) is 6.15. The first-order valence-corrected chi connectivity index (χ1v) is 9.17. The zero-order chi connectivity index (χ0) is 18.7. The van der Waals surface area contributed by atoms with E-state index >= 15 is 0 Å². The number of aliphatic hydroxyl groups excluding tert-OH is 1. The fourth-order valence-corrected chi connectivity index (χ4v) is 3.43. The fourth-order valence-electron chi connectivity index (χ4n) is 2.49. The van der Waals surface area contributed by atoms with E-state index in [4.69, 9.17) is 0 Å². The number of fused-ring (bicyclic) bond motifs is 1. The Bertz CT molecular complexity index is 911. The van der Waals surface area contributed by atoms with Crippen LogP contribution in [0.4, 0.5) is 5.95 Å². The molecule has 0 saturated heterocycles. The van der Waals surface area contributed by atoms with E-state index in [1.165, 1.54) is 11.3 Å². The topological polar surface area (TPSA) is 100 Å². The van der Waals surface area contributed by atoms with Crippen molar-refractivity contribution in [3.63, 3.8) is 0 Å². The van der Waals surface area contributed by atoms with Crippen LogP contribution in [-0.4, -0.2) is 38.6 Å². The van der Waals surface area contributed by atoms with Crippen LogP contribution in [0.15, 0.2) is 30.5 Å². The largest absolute Gasteiger partial charge is 0.392 e. The van der Waals surface area contributed by atoms with Crippen LogP contribution in [0, 0.1) is 6.92 Å². The number of amides is 1. The number of hydrogen-bond acceptors (Lipinski definition) is 7. The average molecular weight is 371 g/mol. The van der Waals surface area contributed by atoms with Crippen LogP contribution in [0.2, 0.25) is 0 Å². The van der Waals surface area contributed by atoms with Crippen molar-refractivity contribution in [2.75, 3.05) is 11.9 Å². The van der Waals surface area contributed by atoms with Gasteiger partial charge in [0.1, 0.15) is 0 Å². The van der Waals surface area contributed by atoms with Crippen molar-refractivity contribution in [3.05, 3.63) is 46.7 Å². The summed E-state index contributed by atoms with van der Waals surface area (Å²) in [6, 6.07) is 7.52. The predicted molar refractivity (Wildman–Crippen MR) is 102 cm³/mol. The van der Waals surface area contributed by atoms with Crippen LogP contribution >= 0.6 is 11.3 Å². The number of aryl methyl sites for hydroxylation is 1. The van der Waals surface area contributed by atoms with Gasteiger partial charge in [-0.3, -0.25) is 9.78 Å². The van der Waals surface area contributed by atoms with Crippen molar-refractivity contribution in [2.24, 2.45) is 0 Å². The van der Waals surface area contributed by atoms with Crippen molar-refractivity contribution in [2.45, 2.75) is 32.9 Å². The van der Waals surface area contributed by atoms with Gasteiger partial charge in [0.15, 0.2) is 5.69 Å². The highest BCUT2D eigenvalue weighted by atomic mass is 32.1. The molecule has 3 aromatic rings. The SMILES string of the molecule is Cc1cc2nc(N[C@@H](C)c3ccccn3)nc(C(=O)NC[C@H](C)O)c2s1. The number of aromatic nitrogens is 3. The molecule has 0 fully saturated rings. The molecule has 0 aromatic carbocycles. The molecule has 2 atom stereocenters. The minimum atomic E-state index is -0.622. The number of carbonyl (C=O) groups is 1. The summed E-state index contributed by atoms with van der Waals surface area (Å²) in [5.74, 6) is 0.0457. The van der Waals surface area contributed by atoms with Gasteiger partial charge in [0.05, 0.1) is 28.1 Å². The summed E-state index contributed by atoms with van der Waals surface area (Å²) in [4.78, 5) is 26.9. The summed E-state index contributed by atoms with van der Waals surface area (Å²) in [5, 5.41) is 15.3. The Morgan fingerprint density at radius 1 is 1.31 bits per heavy atom. The molecule has 3 heterocycles. The molecule has 0 saturated carbocycles. The summed E-state index contributed by atoms with van der Waals surface area (Å²) >= 11 is 1.48. The molecule has 3 rings (SSSR count). The lowest BCUT2D eigenvalue weighted by atomic mass is 10.2. The highest BCUT2D eigenvalue weighted by Crippen LogP contribution is 2.28. The molecule has 1 amide bonds. The average Bonchev–Trinajstić information content (AvgIpc) is 2.99. The molecule has 0 spiro atoms. The smallest absolute Gasteiger partial charge is 0.271 e. The van der Waals surface area contributed by atoms with Crippen LogP contribution < -0.4 is 10.6 Å². The van der Waals surface area contributed by atoms with Gasteiger partial charge in [0.2, 0.25) is 5.95 Å². The summed E-state index contributed by atoms with van der Waals surface area (Å²) < 4.78 is 0.738. The van der Waals surface area contributed by atoms with E-state index in [-0.39, 0.29) is 18.5 Å². The fraction of sp³-hybridized carbons (Fsp3) is 0.333. The second kappa shape index (κ2) is 7.76. The van der Waals surface area contributed by atoms with E-state index < -0.39 is 6.10 Å². The molecule has 3 N–H and O–H groups in total. The minimum absolute atomic E-state index is 0.109. The van der Waals surface area contributed by atoms with Gasteiger partial charge in [-0.25, -0.2) is 9.97 Å². The van der Waals surface area contributed by atoms with Crippen molar-refractivity contribution < 1.29 is 9.90 Å². The van der Waals surface area contributed by atoms with Gasteiger partial charge in [-0.2, -0.15) is 0 Å². The maximum absolute atomic E-state index is 12.5. The highest BCUT2D eigenvalue weighted by Gasteiger charge is 2.18. The second-order valence-corrected chi connectivity index (χ2v) is 7.40. The van der Waals surface area contributed by atoms with Gasteiger partial charge in [-0.1, -0.05) is 6.07 Å². The molecular formula is C18H21N5O2S. The van der Waals surface area contributed by atoms with Crippen molar-refractivity contribution >= 4 is 33.4 Å². The van der Waals surface area contributed by atoms with Crippen LogP contribution in [0.25, 0.3) is 10.2 Å². The Morgan fingerprint density at radius 2 is 2.12 bits per heavy atom. The molecule has 0 bridgehead atoms. The lowest BCUT2D eigenvalue weighted by Gasteiger charge is -2.14. The van der Waals surface area contributed by atoms with Crippen LogP contribution in [-0.2, 0) is 0 Å². The zero-order valence-electron chi connectivity index (χ0n) is 14.9. The molecule has 8 heteroatoms.